The highest BCUT2D eigenvalue weighted by atomic mass is 35.5. The predicted molar refractivity (Wildman–Crippen MR) is 137 cm³/mol. The zero-order valence-corrected chi connectivity index (χ0v) is 21.0. The maximum Gasteiger partial charge on any atom is 0.162 e. The van der Waals surface area contributed by atoms with Crippen molar-refractivity contribution in [3.05, 3.63) is 63.1 Å². The van der Waals surface area contributed by atoms with Crippen molar-refractivity contribution in [1.82, 2.24) is 19.9 Å². The van der Waals surface area contributed by atoms with Crippen molar-refractivity contribution in [2.75, 3.05) is 32.1 Å². The molecule has 0 aliphatic carbocycles. The van der Waals surface area contributed by atoms with Crippen LogP contribution >= 0.6 is 22.9 Å². The lowest BCUT2D eigenvalue weighted by atomic mass is 10.1. The van der Waals surface area contributed by atoms with E-state index in [1.165, 1.54) is 29.0 Å². The van der Waals surface area contributed by atoms with E-state index < -0.39 is 5.82 Å². The molecule has 0 bridgehead atoms. The van der Waals surface area contributed by atoms with E-state index in [4.69, 9.17) is 21.1 Å². The Morgan fingerprint density at radius 3 is 2.91 bits per heavy atom. The minimum atomic E-state index is -0.475. The maximum atomic E-state index is 13.5. The van der Waals surface area contributed by atoms with Crippen molar-refractivity contribution >= 4 is 45.3 Å². The van der Waals surface area contributed by atoms with Crippen LogP contribution in [-0.4, -0.2) is 46.7 Å². The number of hydrogen-bond donors (Lipinski definition) is 1. The first-order valence-electron chi connectivity index (χ1n) is 11.4. The van der Waals surface area contributed by atoms with Crippen LogP contribution in [0.25, 0.3) is 10.9 Å². The average molecular weight is 514 g/mol. The van der Waals surface area contributed by atoms with E-state index in [9.17, 15) is 4.39 Å². The summed E-state index contributed by atoms with van der Waals surface area (Å²) in [5.74, 6) is 1.32. The van der Waals surface area contributed by atoms with Crippen molar-refractivity contribution in [3.63, 3.8) is 0 Å². The van der Waals surface area contributed by atoms with Crippen LogP contribution < -0.4 is 14.8 Å². The summed E-state index contributed by atoms with van der Waals surface area (Å²) in [7, 11) is 1.61. The Morgan fingerprint density at radius 1 is 1.20 bits per heavy atom. The van der Waals surface area contributed by atoms with Crippen LogP contribution in [0.15, 0.2) is 36.7 Å². The second kappa shape index (κ2) is 10.3. The van der Waals surface area contributed by atoms with Gasteiger partial charge in [-0.25, -0.2) is 19.3 Å². The first kappa shape index (κ1) is 23.7. The Balaban J connectivity index is 1.27. The van der Waals surface area contributed by atoms with E-state index in [1.54, 1.807) is 24.5 Å². The third kappa shape index (κ3) is 5.32. The molecule has 1 N–H and O–H groups in total. The number of nitrogens with zero attached hydrogens (tertiary/aromatic N) is 4. The number of thiazole rings is 1. The molecule has 0 saturated carbocycles. The van der Waals surface area contributed by atoms with Crippen LogP contribution in [-0.2, 0) is 13.0 Å². The SMILES string of the molecule is COc1cc2ncnc(Nc3ccc(F)c(Cl)c3)c2cc1OCCCN1CCc2nc(C)sc2C1. The van der Waals surface area contributed by atoms with Gasteiger partial charge in [0.2, 0.25) is 0 Å². The van der Waals surface area contributed by atoms with Gasteiger partial charge in [-0.1, -0.05) is 11.6 Å². The number of ether oxygens (including phenoxy) is 2. The third-order valence-electron chi connectivity index (χ3n) is 5.90. The second-order valence-electron chi connectivity index (χ2n) is 8.33. The molecule has 7 nitrogen and oxygen atoms in total. The molecule has 35 heavy (non-hydrogen) atoms. The van der Waals surface area contributed by atoms with Crippen molar-refractivity contribution in [1.29, 1.82) is 0 Å². The van der Waals surface area contributed by atoms with Crippen LogP contribution in [0.4, 0.5) is 15.9 Å². The number of halogens is 2. The number of anilines is 2. The average Bonchev–Trinajstić information content (AvgIpc) is 3.23. The highest BCUT2D eigenvalue weighted by molar-refractivity contribution is 7.11. The van der Waals surface area contributed by atoms with E-state index in [1.807, 2.05) is 12.1 Å². The molecule has 0 atom stereocenters. The molecule has 0 spiro atoms. The summed E-state index contributed by atoms with van der Waals surface area (Å²) in [6.07, 6.45) is 3.36. The summed E-state index contributed by atoms with van der Waals surface area (Å²) < 4.78 is 25.2. The summed E-state index contributed by atoms with van der Waals surface area (Å²) in [6.45, 7) is 5.55. The standard InChI is InChI=1S/C25H25ClFN5O2S/c1-15-30-20-6-8-32(13-24(20)35-15)7-3-9-34-23-11-17-21(12-22(23)33-2)28-14-29-25(17)31-16-4-5-19(27)18(26)10-16/h4-5,10-12,14H,3,6-9,13H2,1-2H3,(H,28,29,31). The Labute approximate surface area is 211 Å². The van der Waals surface area contributed by atoms with Crippen molar-refractivity contribution < 1.29 is 13.9 Å². The van der Waals surface area contributed by atoms with Gasteiger partial charge in [-0.15, -0.1) is 11.3 Å². The summed E-state index contributed by atoms with van der Waals surface area (Å²) >= 11 is 7.72. The Bertz CT molecular complexity index is 1370. The zero-order chi connectivity index (χ0) is 24.4. The predicted octanol–water partition coefficient (Wildman–Crippen LogP) is 5.77. The summed E-state index contributed by atoms with van der Waals surface area (Å²) in [6, 6.07) is 8.13. The van der Waals surface area contributed by atoms with Crippen LogP contribution in [0.3, 0.4) is 0 Å². The van der Waals surface area contributed by atoms with E-state index >= 15 is 0 Å². The first-order chi connectivity index (χ1) is 17.0. The number of nitrogens with one attached hydrogen (secondary N) is 1. The molecule has 182 valence electrons. The van der Waals surface area contributed by atoms with Crippen LogP contribution in [0.2, 0.25) is 5.02 Å². The van der Waals surface area contributed by atoms with E-state index in [0.29, 0.717) is 35.1 Å². The molecule has 0 radical (unpaired) electrons. The Hall–Kier alpha value is -3.01. The van der Waals surface area contributed by atoms with Gasteiger partial charge in [0.15, 0.2) is 11.5 Å². The van der Waals surface area contributed by atoms with Gasteiger partial charge >= 0.3 is 0 Å². The molecular weight excluding hydrogens is 489 g/mol. The molecule has 5 rings (SSSR count). The Kier molecular flexibility index (Phi) is 6.99. The molecule has 2 aromatic carbocycles. The van der Waals surface area contributed by atoms with Gasteiger partial charge in [0.05, 0.1) is 35.0 Å². The minimum Gasteiger partial charge on any atom is -0.493 e. The molecule has 3 heterocycles. The highest BCUT2D eigenvalue weighted by Gasteiger charge is 2.19. The number of benzene rings is 2. The highest BCUT2D eigenvalue weighted by Crippen LogP contribution is 2.35. The number of fused-ring (bicyclic) bond motifs is 2. The second-order valence-corrected chi connectivity index (χ2v) is 10.0. The summed E-state index contributed by atoms with van der Waals surface area (Å²) in [5.41, 5.74) is 2.58. The Morgan fingerprint density at radius 2 is 2.09 bits per heavy atom. The monoisotopic (exact) mass is 513 g/mol. The zero-order valence-electron chi connectivity index (χ0n) is 19.5. The molecule has 1 aliphatic rings. The van der Waals surface area contributed by atoms with Crippen molar-refractivity contribution in [3.8, 4) is 11.5 Å². The lowest BCUT2D eigenvalue weighted by molar-refractivity contribution is 0.218. The minimum absolute atomic E-state index is 0.0365. The van der Waals surface area contributed by atoms with E-state index in [2.05, 4.69) is 32.1 Å². The summed E-state index contributed by atoms with van der Waals surface area (Å²) in [5, 5.41) is 5.13. The summed E-state index contributed by atoms with van der Waals surface area (Å²) in [4.78, 5) is 17.2. The third-order valence-corrected chi connectivity index (χ3v) is 7.18. The van der Waals surface area contributed by atoms with Gasteiger partial charge in [-0.3, -0.25) is 4.90 Å². The van der Waals surface area contributed by atoms with Gasteiger partial charge in [-0.2, -0.15) is 0 Å². The smallest absolute Gasteiger partial charge is 0.162 e. The molecular formula is C25H25ClFN5O2S. The van der Waals surface area contributed by atoms with Gasteiger partial charge in [0.25, 0.3) is 0 Å². The molecule has 10 heteroatoms. The molecule has 1 aliphatic heterocycles. The van der Waals surface area contributed by atoms with Gasteiger partial charge in [-0.05, 0) is 37.6 Å². The van der Waals surface area contributed by atoms with Crippen molar-refractivity contribution in [2.24, 2.45) is 0 Å². The van der Waals surface area contributed by atoms with Gasteiger partial charge in [0, 0.05) is 48.1 Å². The maximum absolute atomic E-state index is 13.5. The lowest BCUT2D eigenvalue weighted by Gasteiger charge is -2.25. The normalized spacial score (nSPS) is 13.6. The number of aromatic nitrogens is 3. The number of aryl methyl sites for hydroxylation is 1. The fraction of sp³-hybridized carbons (Fsp3) is 0.320. The molecule has 0 fully saturated rings. The van der Waals surface area contributed by atoms with E-state index in [0.717, 1.165) is 42.9 Å². The fourth-order valence-electron chi connectivity index (χ4n) is 4.19. The molecule has 0 amide bonds. The van der Waals surface area contributed by atoms with Crippen LogP contribution in [0.1, 0.15) is 22.0 Å². The van der Waals surface area contributed by atoms with E-state index in [-0.39, 0.29) is 5.02 Å². The van der Waals surface area contributed by atoms with Crippen LogP contribution in [0, 0.1) is 12.7 Å². The molecule has 4 aromatic rings. The fourth-order valence-corrected chi connectivity index (χ4v) is 5.39. The number of rotatable bonds is 8. The molecule has 0 saturated heterocycles. The van der Waals surface area contributed by atoms with Crippen LogP contribution in [0.5, 0.6) is 11.5 Å². The topological polar surface area (TPSA) is 72.4 Å². The lowest BCUT2D eigenvalue weighted by Crippen LogP contribution is -2.31. The molecule has 0 unspecified atom stereocenters. The van der Waals surface area contributed by atoms with Crippen molar-refractivity contribution in [2.45, 2.75) is 26.3 Å². The molecule has 2 aromatic heterocycles. The van der Waals surface area contributed by atoms with Gasteiger partial charge in [0.1, 0.15) is 18.0 Å². The number of methoxy groups -OCH3 is 1. The number of hydrogen-bond acceptors (Lipinski definition) is 8. The quantitative estimate of drug-likeness (QED) is 0.300. The van der Waals surface area contributed by atoms with Gasteiger partial charge < -0.3 is 14.8 Å². The first-order valence-corrected chi connectivity index (χ1v) is 12.5. The largest absolute Gasteiger partial charge is 0.493 e.